The molecule has 3 aliphatic carbocycles. The smallest absolute Gasteiger partial charge is 0.270 e. The zero-order valence-corrected chi connectivity index (χ0v) is 21.7. The highest BCUT2D eigenvalue weighted by atomic mass is 16.6. The van der Waals surface area contributed by atoms with E-state index in [-0.39, 0.29) is 28.0 Å². The summed E-state index contributed by atoms with van der Waals surface area (Å²) in [6, 6.07) is 8.08. The summed E-state index contributed by atoms with van der Waals surface area (Å²) >= 11 is 0. The number of aliphatic hydroxyl groups is 4. The van der Waals surface area contributed by atoms with Gasteiger partial charge in [0, 0.05) is 18.1 Å². The van der Waals surface area contributed by atoms with Crippen molar-refractivity contribution in [1.82, 2.24) is 4.90 Å². The lowest BCUT2D eigenvalue weighted by atomic mass is 9.55. The molecule has 5 atom stereocenters. The second-order valence-electron chi connectivity index (χ2n) is 10.4. The summed E-state index contributed by atoms with van der Waals surface area (Å²) in [4.78, 5) is 51.7. The molecule has 1 amide bonds. The number of rotatable bonds is 4. The van der Waals surface area contributed by atoms with Gasteiger partial charge in [0.2, 0.25) is 5.78 Å². The number of primary amides is 1. The Morgan fingerprint density at radius 1 is 1.12 bits per heavy atom. The average Bonchev–Trinajstić information content (AvgIpc) is 2.90. The summed E-state index contributed by atoms with van der Waals surface area (Å²) in [5, 5.41) is 68.0. The molecule has 0 unspecified atom stereocenters. The summed E-state index contributed by atoms with van der Waals surface area (Å²) in [6.45, 7) is 0. The first-order chi connectivity index (χ1) is 19.2. The Hall–Kier alpha value is -4.85. The Bertz CT molecular complexity index is 1660. The van der Waals surface area contributed by atoms with Gasteiger partial charge in [-0.15, -0.1) is 0 Å². The third-order valence-corrected chi connectivity index (χ3v) is 7.93. The second-order valence-corrected chi connectivity index (χ2v) is 10.4. The van der Waals surface area contributed by atoms with Crippen molar-refractivity contribution in [1.29, 1.82) is 0 Å². The van der Waals surface area contributed by atoms with E-state index in [1.807, 2.05) is 0 Å². The van der Waals surface area contributed by atoms with Gasteiger partial charge in [-0.1, -0.05) is 30.3 Å². The number of carbonyl (C=O) groups is 3. The molecule has 1 fully saturated rings. The maximum atomic E-state index is 14.1. The number of nitrogens with two attached hydrogens (primary N) is 1. The van der Waals surface area contributed by atoms with Crippen molar-refractivity contribution in [2.45, 2.75) is 17.7 Å². The highest BCUT2D eigenvalue weighted by molar-refractivity contribution is 6.25. The van der Waals surface area contributed by atoms with Crippen molar-refractivity contribution >= 4 is 40.6 Å². The molecule has 3 aliphatic rings. The number of carbonyl (C=O) groups excluding carboxylic acids is 3. The van der Waals surface area contributed by atoms with E-state index in [0.29, 0.717) is 0 Å². The highest BCUT2D eigenvalue weighted by Crippen LogP contribution is 2.56. The van der Waals surface area contributed by atoms with Crippen LogP contribution in [0.25, 0.3) is 17.4 Å². The molecule has 2 aromatic carbocycles. The first kappa shape index (κ1) is 27.7. The van der Waals surface area contributed by atoms with Gasteiger partial charge in [0.1, 0.15) is 22.8 Å². The quantitative estimate of drug-likeness (QED) is 0.174. The molecule has 0 spiro atoms. The Morgan fingerprint density at radius 2 is 1.78 bits per heavy atom. The molecule has 0 saturated heterocycles. The number of nitro groups is 1. The van der Waals surface area contributed by atoms with E-state index in [4.69, 9.17) is 5.73 Å². The predicted octanol–water partition coefficient (Wildman–Crippen LogP) is 0.841. The summed E-state index contributed by atoms with van der Waals surface area (Å²) in [6.07, 6.45) is -0.438. The van der Waals surface area contributed by atoms with Crippen LogP contribution in [-0.4, -0.2) is 84.7 Å². The van der Waals surface area contributed by atoms with Crippen LogP contribution < -0.4 is 5.73 Å². The van der Waals surface area contributed by atoms with Crippen LogP contribution in [0.5, 0.6) is 5.75 Å². The van der Waals surface area contributed by atoms with Gasteiger partial charge in [-0.2, -0.15) is 0 Å². The lowest BCUT2D eigenvalue weighted by Gasteiger charge is -2.53. The Morgan fingerprint density at radius 3 is 2.39 bits per heavy atom. The maximum absolute atomic E-state index is 14.1. The number of aliphatic hydroxyl groups excluding tert-OH is 3. The fourth-order valence-electron chi connectivity index (χ4n) is 6.22. The lowest BCUT2D eigenvalue weighted by Crippen LogP contribution is -2.70. The van der Waals surface area contributed by atoms with Crippen molar-refractivity contribution in [2.24, 2.45) is 17.6 Å². The number of nitro benzene ring substituents is 1. The molecule has 1 saturated carbocycles. The molecule has 0 bridgehead atoms. The Balaban J connectivity index is 1.85. The molecule has 0 aromatic heterocycles. The topological polar surface area (TPSA) is 225 Å². The molecule has 0 radical (unpaired) electrons. The van der Waals surface area contributed by atoms with Crippen LogP contribution in [0.15, 0.2) is 59.4 Å². The molecule has 13 nitrogen and oxygen atoms in total. The van der Waals surface area contributed by atoms with E-state index in [9.17, 15) is 50.0 Å². The van der Waals surface area contributed by atoms with Crippen molar-refractivity contribution in [3.63, 3.8) is 0 Å². The molecule has 41 heavy (non-hydrogen) atoms. The van der Waals surface area contributed by atoms with Crippen LogP contribution in [-0.2, 0) is 14.4 Å². The molecule has 212 valence electrons. The number of likely N-dealkylation sites (N-methyl/N-ethyl adjacent to an activating group) is 1. The molecular weight excluding hydrogens is 538 g/mol. The fourth-order valence-corrected chi connectivity index (χ4v) is 6.22. The van der Waals surface area contributed by atoms with E-state index in [0.717, 1.165) is 0 Å². The molecule has 0 heterocycles. The van der Waals surface area contributed by atoms with Gasteiger partial charge in [0.15, 0.2) is 11.4 Å². The molecule has 13 heteroatoms. The standard InChI is InChI=1S/C28H25N3O10/c1-30(2)21-20-23(34)17-14(10-11-5-3-6-12(9-11)31(40)41)13-7-4-8-15(32)16(13)22(33)18(17)25(36)28(20,39)26(37)19(24(21)35)27(29)38/h3-10,17,20-21,23,32-34,37,39H,1-2H3,(H2,29,38)/b14-10+/t17-,20-,21+,23+,28+/m1/s1. The third kappa shape index (κ3) is 3.78. The number of benzene rings is 2. The van der Waals surface area contributed by atoms with Gasteiger partial charge in [0.25, 0.3) is 11.6 Å². The van der Waals surface area contributed by atoms with Gasteiger partial charge in [-0.05, 0) is 36.9 Å². The van der Waals surface area contributed by atoms with Crippen LogP contribution >= 0.6 is 0 Å². The van der Waals surface area contributed by atoms with Crippen LogP contribution in [0.4, 0.5) is 5.69 Å². The molecule has 5 rings (SSSR count). The van der Waals surface area contributed by atoms with Crippen LogP contribution in [0.3, 0.4) is 0 Å². The van der Waals surface area contributed by atoms with E-state index >= 15 is 0 Å². The van der Waals surface area contributed by atoms with Gasteiger partial charge in [-0.3, -0.25) is 29.4 Å². The molecule has 0 aliphatic heterocycles. The number of nitrogens with zero attached hydrogens (tertiary/aromatic N) is 2. The van der Waals surface area contributed by atoms with Crippen LogP contribution in [0.1, 0.15) is 16.7 Å². The van der Waals surface area contributed by atoms with Crippen molar-refractivity contribution in [3.05, 3.63) is 86.2 Å². The number of hydrogen-bond acceptors (Lipinski definition) is 11. The number of ketones is 2. The molecule has 2 aromatic rings. The van der Waals surface area contributed by atoms with E-state index < -0.39 is 80.4 Å². The minimum Gasteiger partial charge on any atom is -0.508 e. The number of Topliss-reactive ketones (excluding diaryl/α,β-unsaturated/α-hetero) is 2. The lowest BCUT2D eigenvalue weighted by molar-refractivity contribution is -0.384. The SMILES string of the molecule is CN(C)[C@@H]1C(=O)C(C(N)=O)=C(O)[C@@]2(O)C(=O)C3=C(O)c4c(O)cccc4/C(=C\c4cccc([N+](=O)[O-])c4)[C@H]3[C@H](O)[C@@H]12. The fraction of sp³-hybridized carbons (Fsp3) is 0.250. The molecular formula is C28H25N3O10. The number of fused-ring (bicyclic) bond motifs is 3. The van der Waals surface area contributed by atoms with Gasteiger partial charge in [0.05, 0.1) is 34.1 Å². The Kier molecular flexibility index (Phi) is 6.33. The summed E-state index contributed by atoms with van der Waals surface area (Å²) in [5.74, 6) is -9.59. The zero-order valence-electron chi connectivity index (χ0n) is 21.7. The largest absolute Gasteiger partial charge is 0.508 e. The van der Waals surface area contributed by atoms with Crippen molar-refractivity contribution < 1.29 is 44.8 Å². The zero-order chi connectivity index (χ0) is 30.1. The minimum atomic E-state index is -3.06. The van der Waals surface area contributed by atoms with Crippen LogP contribution in [0, 0.1) is 22.0 Å². The number of amides is 1. The number of phenolic OH excluding ortho intramolecular Hbond substituents is 1. The van der Waals surface area contributed by atoms with Crippen molar-refractivity contribution in [3.8, 4) is 5.75 Å². The van der Waals surface area contributed by atoms with Gasteiger partial charge in [-0.25, -0.2) is 0 Å². The first-order valence-electron chi connectivity index (χ1n) is 12.3. The van der Waals surface area contributed by atoms with E-state index in [2.05, 4.69) is 0 Å². The number of non-ortho nitro benzene ring substituents is 1. The number of phenols is 1. The normalized spacial score (nSPS) is 28.5. The maximum Gasteiger partial charge on any atom is 0.270 e. The highest BCUT2D eigenvalue weighted by Gasteiger charge is 2.68. The summed E-state index contributed by atoms with van der Waals surface area (Å²) in [5.41, 5.74) is 0.715. The van der Waals surface area contributed by atoms with Gasteiger partial charge < -0.3 is 31.3 Å². The Labute approximate surface area is 231 Å². The van der Waals surface area contributed by atoms with E-state index in [1.54, 1.807) is 0 Å². The second kappa shape index (κ2) is 9.37. The van der Waals surface area contributed by atoms with Gasteiger partial charge >= 0.3 is 0 Å². The monoisotopic (exact) mass is 563 g/mol. The number of aromatic hydroxyl groups is 1. The average molecular weight is 564 g/mol. The van der Waals surface area contributed by atoms with Crippen molar-refractivity contribution in [2.75, 3.05) is 14.1 Å². The number of hydrogen-bond donors (Lipinski definition) is 6. The van der Waals surface area contributed by atoms with E-state index in [1.165, 1.54) is 67.5 Å². The summed E-state index contributed by atoms with van der Waals surface area (Å²) < 4.78 is 0. The molecule has 7 N–H and O–H groups in total. The first-order valence-corrected chi connectivity index (χ1v) is 12.3. The van der Waals surface area contributed by atoms with Crippen LogP contribution in [0.2, 0.25) is 0 Å². The third-order valence-electron chi connectivity index (χ3n) is 7.93. The summed E-state index contributed by atoms with van der Waals surface area (Å²) in [7, 11) is 2.80. The minimum absolute atomic E-state index is 0.126. The predicted molar refractivity (Wildman–Crippen MR) is 143 cm³/mol.